The van der Waals surface area contributed by atoms with Crippen LogP contribution in [0.5, 0.6) is 0 Å². The van der Waals surface area contributed by atoms with Gasteiger partial charge in [0.1, 0.15) is 5.01 Å². The van der Waals surface area contributed by atoms with E-state index in [4.69, 9.17) is 5.73 Å². The summed E-state index contributed by atoms with van der Waals surface area (Å²) in [6.07, 6.45) is 5.66. The van der Waals surface area contributed by atoms with Gasteiger partial charge >= 0.3 is 0 Å². The topological polar surface area (TPSA) is 68.0 Å². The van der Waals surface area contributed by atoms with E-state index in [2.05, 4.69) is 10.3 Å². The molecule has 0 aromatic carbocycles. The summed E-state index contributed by atoms with van der Waals surface area (Å²) in [6, 6.07) is 0.191. The lowest BCUT2D eigenvalue weighted by molar-refractivity contribution is -0.123. The van der Waals surface area contributed by atoms with Gasteiger partial charge in [0.05, 0.1) is 5.54 Å². The molecule has 1 aromatic rings. The summed E-state index contributed by atoms with van der Waals surface area (Å²) in [6.45, 7) is 6.02. The number of rotatable bonds is 4. The number of nitrogens with zero attached hydrogens (tertiary/aromatic N) is 1. The number of aryl methyl sites for hydroxylation is 1. The highest BCUT2D eigenvalue weighted by atomic mass is 32.1. The van der Waals surface area contributed by atoms with Crippen LogP contribution in [-0.4, -0.2) is 16.9 Å². The predicted molar refractivity (Wildman–Crippen MR) is 78.0 cm³/mol. The first kappa shape index (κ1) is 14.5. The fourth-order valence-corrected chi connectivity index (χ4v) is 3.48. The fourth-order valence-electron chi connectivity index (χ4n) is 2.65. The first-order chi connectivity index (χ1) is 8.88. The Bertz CT molecular complexity index is 455. The highest BCUT2D eigenvalue weighted by Crippen LogP contribution is 2.28. The first-order valence-corrected chi connectivity index (χ1v) is 7.69. The molecule has 2 rings (SSSR count). The van der Waals surface area contributed by atoms with Crippen LogP contribution in [0.1, 0.15) is 49.4 Å². The second-order valence-corrected chi connectivity index (χ2v) is 7.24. The third-order valence-electron chi connectivity index (χ3n) is 3.77. The van der Waals surface area contributed by atoms with E-state index < -0.39 is 5.54 Å². The Kier molecular flexibility index (Phi) is 4.26. The zero-order chi connectivity index (χ0) is 14.0. The Balaban J connectivity index is 1.94. The van der Waals surface area contributed by atoms with Crippen molar-refractivity contribution in [2.45, 2.75) is 58.0 Å². The van der Waals surface area contributed by atoms with E-state index in [1.807, 2.05) is 27.0 Å². The largest absolute Gasteiger partial charge is 0.345 e. The van der Waals surface area contributed by atoms with Gasteiger partial charge < -0.3 is 11.1 Å². The van der Waals surface area contributed by atoms with Gasteiger partial charge in [-0.3, -0.25) is 4.79 Å². The van der Waals surface area contributed by atoms with E-state index in [1.165, 1.54) is 0 Å². The average molecular weight is 281 g/mol. The van der Waals surface area contributed by atoms with Crippen molar-refractivity contribution < 1.29 is 4.79 Å². The molecule has 0 saturated heterocycles. The molecular formula is C14H23N3OS. The third-order valence-corrected chi connectivity index (χ3v) is 5.01. The van der Waals surface area contributed by atoms with Gasteiger partial charge in [-0.25, -0.2) is 4.98 Å². The van der Waals surface area contributed by atoms with Crippen LogP contribution in [0.2, 0.25) is 0 Å². The molecule has 19 heavy (non-hydrogen) atoms. The Morgan fingerprint density at radius 1 is 1.58 bits per heavy atom. The van der Waals surface area contributed by atoms with Crippen LogP contribution in [0.25, 0.3) is 0 Å². The maximum Gasteiger partial charge on any atom is 0.221 e. The van der Waals surface area contributed by atoms with E-state index in [1.54, 1.807) is 11.3 Å². The quantitative estimate of drug-likeness (QED) is 0.890. The van der Waals surface area contributed by atoms with Crippen molar-refractivity contribution in [2.75, 3.05) is 0 Å². The van der Waals surface area contributed by atoms with Crippen molar-refractivity contribution in [3.05, 3.63) is 16.1 Å². The minimum atomic E-state index is -0.404. The van der Waals surface area contributed by atoms with Crippen molar-refractivity contribution in [1.29, 1.82) is 0 Å². The average Bonchev–Trinajstić information content (AvgIpc) is 2.88. The van der Waals surface area contributed by atoms with Gasteiger partial charge in [-0.05, 0) is 39.5 Å². The number of hydrogen-bond acceptors (Lipinski definition) is 4. The van der Waals surface area contributed by atoms with Crippen molar-refractivity contribution in [2.24, 2.45) is 11.7 Å². The van der Waals surface area contributed by atoms with Crippen molar-refractivity contribution in [3.63, 3.8) is 0 Å². The predicted octanol–water partition coefficient (Wildman–Crippen LogP) is 2.32. The second kappa shape index (κ2) is 5.59. The lowest BCUT2D eigenvalue weighted by Gasteiger charge is -2.25. The van der Waals surface area contributed by atoms with E-state index >= 15 is 0 Å². The summed E-state index contributed by atoms with van der Waals surface area (Å²) in [5.41, 5.74) is 5.61. The van der Waals surface area contributed by atoms with E-state index in [9.17, 15) is 4.79 Å². The Morgan fingerprint density at radius 3 is 2.84 bits per heavy atom. The fraction of sp³-hybridized carbons (Fsp3) is 0.714. The molecule has 0 spiro atoms. The summed E-state index contributed by atoms with van der Waals surface area (Å²) in [5.74, 6) is 0.425. The van der Waals surface area contributed by atoms with Crippen LogP contribution in [0, 0.1) is 12.8 Å². The van der Waals surface area contributed by atoms with Crippen molar-refractivity contribution >= 4 is 17.2 Å². The SMILES string of the molecule is Cc1cnc(C(C)(C)NC(=O)C[C@@H]2CCC[C@H]2N)s1. The molecular weight excluding hydrogens is 258 g/mol. The van der Waals surface area contributed by atoms with Gasteiger partial charge in [-0.15, -0.1) is 11.3 Å². The van der Waals surface area contributed by atoms with Crippen LogP contribution in [0.3, 0.4) is 0 Å². The number of nitrogens with two attached hydrogens (primary N) is 1. The third kappa shape index (κ3) is 3.54. The molecule has 1 saturated carbocycles. The van der Waals surface area contributed by atoms with Gasteiger partial charge in [0, 0.05) is 23.5 Å². The summed E-state index contributed by atoms with van der Waals surface area (Å²) >= 11 is 1.63. The zero-order valence-corrected chi connectivity index (χ0v) is 12.7. The number of aromatic nitrogens is 1. The maximum atomic E-state index is 12.2. The summed E-state index contributed by atoms with van der Waals surface area (Å²) < 4.78 is 0. The molecule has 5 heteroatoms. The normalized spacial score (nSPS) is 23.6. The summed E-state index contributed by atoms with van der Waals surface area (Å²) in [7, 11) is 0. The maximum absolute atomic E-state index is 12.2. The summed E-state index contributed by atoms with van der Waals surface area (Å²) in [4.78, 5) is 17.7. The second-order valence-electron chi connectivity index (χ2n) is 6.01. The molecule has 106 valence electrons. The Morgan fingerprint density at radius 2 is 2.32 bits per heavy atom. The smallest absolute Gasteiger partial charge is 0.221 e. The van der Waals surface area contributed by atoms with Crippen LogP contribution in [0.15, 0.2) is 6.20 Å². The molecule has 1 heterocycles. The minimum absolute atomic E-state index is 0.0835. The molecule has 1 amide bonds. The van der Waals surface area contributed by atoms with E-state index in [0.717, 1.165) is 29.1 Å². The van der Waals surface area contributed by atoms with Crippen LogP contribution in [0.4, 0.5) is 0 Å². The molecule has 4 nitrogen and oxygen atoms in total. The van der Waals surface area contributed by atoms with Crippen LogP contribution < -0.4 is 11.1 Å². The molecule has 2 atom stereocenters. The van der Waals surface area contributed by atoms with Crippen molar-refractivity contribution in [1.82, 2.24) is 10.3 Å². The summed E-state index contributed by atoms with van der Waals surface area (Å²) in [5, 5.41) is 4.04. The van der Waals surface area contributed by atoms with Gasteiger partial charge in [-0.2, -0.15) is 0 Å². The van der Waals surface area contributed by atoms with E-state index in [0.29, 0.717) is 12.3 Å². The molecule has 0 unspecified atom stereocenters. The molecule has 0 bridgehead atoms. The highest BCUT2D eigenvalue weighted by molar-refractivity contribution is 7.11. The molecule has 1 aliphatic rings. The molecule has 3 N–H and O–H groups in total. The highest BCUT2D eigenvalue weighted by Gasteiger charge is 2.30. The molecule has 1 fully saturated rings. The van der Waals surface area contributed by atoms with E-state index in [-0.39, 0.29) is 11.9 Å². The molecule has 0 aliphatic heterocycles. The first-order valence-electron chi connectivity index (χ1n) is 6.88. The number of nitrogens with one attached hydrogen (secondary N) is 1. The Labute approximate surface area is 118 Å². The molecule has 0 radical (unpaired) electrons. The number of carbonyl (C=O) groups is 1. The number of amides is 1. The zero-order valence-electron chi connectivity index (χ0n) is 11.9. The lowest BCUT2D eigenvalue weighted by Crippen LogP contribution is -2.42. The minimum Gasteiger partial charge on any atom is -0.345 e. The van der Waals surface area contributed by atoms with Crippen LogP contribution in [-0.2, 0) is 10.3 Å². The van der Waals surface area contributed by atoms with Crippen molar-refractivity contribution in [3.8, 4) is 0 Å². The monoisotopic (exact) mass is 281 g/mol. The Hall–Kier alpha value is -0.940. The standard InChI is InChI=1S/C14H23N3OS/c1-9-8-16-13(19-9)14(2,3)17-12(18)7-10-5-4-6-11(10)15/h8,10-11H,4-7,15H2,1-3H3,(H,17,18)/t10-,11+/m0/s1. The van der Waals surface area contributed by atoms with Gasteiger partial charge in [0.15, 0.2) is 0 Å². The lowest BCUT2D eigenvalue weighted by atomic mass is 9.98. The number of carbonyl (C=O) groups excluding carboxylic acids is 1. The van der Waals surface area contributed by atoms with Crippen LogP contribution >= 0.6 is 11.3 Å². The number of thiazole rings is 1. The number of hydrogen-bond donors (Lipinski definition) is 2. The van der Waals surface area contributed by atoms with Gasteiger partial charge in [0.2, 0.25) is 5.91 Å². The molecule has 1 aliphatic carbocycles. The van der Waals surface area contributed by atoms with Gasteiger partial charge in [0.25, 0.3) is 0 Å². The van der Waals surface area contributed by atoms with Gasteiger partial charge in [-0.1, -0.05) is 6.42 Å². The molecule has 1 aromatic heterocycles.